The molecular formula is C23H15N7. The molecule has 5 heterocycles. The second-order valence-corrected chi connectivity index (χ2v) is 6.96. The summed E-state index contributed by atoms with van der Waals surface area (Å²) in [5.74, 6) is 0.670. The minimum atomic E-state index is 0.670. The van der Waals surface area contributed by atoms with Gasteiger partial charge < -0.3 is 4.98 Å². The molecule has 0 amide bonds. The van der Waals surface area contributed by atoms with Gasteiger partial charge in [-0.05, 0) is 35.9 Å². The van der Waals surface area contributed by atoms with Crippen molar-refractivity contribution in [2.75, 3.05) is 0 Å². The van der Waals surface area contributed by atoms with Crippen molar-refractivity contribution in [2.45, 2.75) is 0 Å². The molecule has 0 atom stereocenters. The Labute approximate surface area is 170 Å². The van der Waals surface area contributed by atoms with E-state index in [1.54, 1.807) is 18.6 Å². The predicted molar refractivity (Wildman–Crippen MR) is 115 cm³/mol. The molecule has 0 aliphatic rings. The monoisotopic (exact) mass is 389 g/mol. The van der Waals surface area contributed by atoms with E-state index in [0.717, 1.165) is 44.4 Å². The van der Waals surface area contributed by atoms with E-state index in [9.17, 15) is 0 Å². The summed E-state index contributed by atoms with van der Waals surface area (Å²) in [7, 11) is 0. The van der Waals surface area contributed by atoms with Crippen LogP contribution < -0.4 is 0 Å². The molecule has 0 bridgehead atoms. The summed E-state index contributed by atoms with van der Waals surface area (Å²) in [5.41, 5.74) is 7.30. The molecule has 0 fully saturated rings. The molecule has 0 spiro atoms. The van der Waals surface area contributed by atoms with E-state index in [0.29, 0.717) is 11.5 Å². The lowest BCUT2D eigenvalue weighted by atomic mass is 10.0. The smallest absolute Gasteiger partial charge is 0.160 e. The average Bonchev–Trinajstić information content (AvgIpc) is 3.43. The van der Waals surface area contributed by atoms with Crippen LogP contribution in [0.5, 0.6) is 0 Å². The highest BCUT2D eigenvalue weighted by Crippen LogP contribution is 2.32. The van der Waals surface area contributed by atoms with E-state index >= 15 is 0 Å². The Bertz CT molecular complexity index is 1480. The van der Waals surface area contributed by atoms with Crippen molar-refractivity contribution < 1.29 is 0 Å². The van der Waals surface area contributed by atoms with Gasteiger partial charge in [0.05, 0.1) is 5.52 Å². The standard InChI is InChI=1S/C23H15N7/c1-3-15(12-24-8-1)14-5-6-19-18(11-14)21(30-29-19)23-27-20-17(7-10-26-22(20)28-23)16-4-2-9-25-13-16/h1-13H,(H,29,30)(H,26,27,28). The SMILES string of the molecule is c1cncc(-c2ccc3[nH]nc(-c4nc5c(-c6cccnc6)ccnc5[nH]4)c3c2)c1. The number of nitrogens with zero attached hydrogens (tertiary/aromatic N) is 5. The minimum absolute atomic E-state index is 0.670. The summed E-state index contributed by atoms with van der Waals surface area (Å²) >= 11 is 0. The van der Waals surface area contributed by atoms with Crippen molar-refractivity contribution in [3.05, 3.63) is 79.5 Å². The number of aromatic nitrogens is 7. The highest BCUT2D eigenvalue weighted by Gasteiger charge is 2.16. The number of hydrogen-bond donors (Lipinski definition) is 2. The third-order valence-corrected chi connectivity index (χ3v) is 5.14. The molecule has 1 aromatic carbocycles. The molecule has 7 heteroatoms. The van der Waals surface area contributed by atoms with Crippen LogP contribution in [0.4, 0.5) is 0 Å². The second-order valence-electron chi connectivity index (χ2n) is 6.96. The summed E-state index contributed by atoms with van der Waals surface area (Å²) in [6.45, 7) is 0. The molecule has 0 radical (unpaired) electrons. The highest BCUT2D eigenvalue weighted by molar-refractivity contribution is 5.97. The zero-order chi connectivity index (χ0) is 19.9. The maximum absolute atomic E-state index is 4.84. The first-order valence-corrected chi connectivity index (χ1v) is 9.51. The minimum Gasteiger partial charge on any atom is -0.321 e. The summed E-state index contributed by atoms with van der Waals surface area (Å²) < 4.78 is 0. The number of H-pyrrole nitrogens is 2. The van der Waals surface area contributed by atoms with Crippen LogP contribution in [-0.2, 0) is 0 Å². The number of nitrogens with one attached hydrogen (secondary N) is 2. The fraction of sp³-hybridized carbons (Fsp3) is 0. The Balaban J connectivity index is 1.52. The van der Waals surface area contributed by atoms with Crippen molar-refractivity contribution >= 4 is 22.1 Å². The van der Waals surface area contributed by atoms with E-state index in [-0.39, 0.29) is 0 Å². The van der Waals surface area contributed by atoms with Crippen LogP contribution in [-0.4, -0.2) is 35.1 Å². The zero-order valence-electron chi connectivity index (χ0n) is 15.7. The van der Waals surface area contributed by atoms with Gasteiger partial charge in [-0.3, -0.25) is 15.1 Å². The second kappa shape index (κ2) is 6.59. The van der Waals surface area contributed by atoms with Crippen LogP contribution in [0.2, 0.25) is 0 Å². The van der Waals surface area contributed by atoms with Gasteiger partial charge in [0, 0.05) is 53.1 Å². The molecule has 0 saturated heterocycles. The van der Waals surface area contributed by atoms with E-state index in [1.807, 2.05) is 48.8 Å². The van der Waals surface area contributed by atoms with Crippen molar-refractivity contribution in [2.24, 2.45) is 0 Å². The first kappa shape index (κ1) is 16.6. The molecule has 6 rings (SSSR count). The number of hydrogen-bond acceptors (Lipinski definition) is 5. The molecule has 6 aromatic rings. The van der Waals surface area contributed by atoms with Gasteiger partial charge in [0.15, 0.2) is 11.5 Å². The number of fused-ring (bicyclic) bond motifs is 2. The number of imidazole rings is 1. The third kappa shape index (κ3) is 2.64. The number of pyridine rings is 3. The highest BCUT2D eigenvalue weighted by atomic mass is 15.1. The molecular weight excluding hydrogens is 374 g/mol. The average molecular weight is 389 g/mol. The van der Waals surface area contributed by atoms with Crippen LogP contribution >= 0.6 is 0 Å². The van der Waals surface area contributed by atoms with Gasteiger partial charge in [0.2, 0.25) is 0 Å². The van der Waals surface area contributed by atoms with Gasteiger partial charge in [-0.1, -0.05) is 18.2 Å². The first-order valence-electron chi connectivity index (χ1n) is 9.51. The van der Waals surface area contributed by atoms with Crippen molar-refractivity contribution in [1.82, 2.24) is 35.1 Å². The van der Waals surface area contributed by atoms with Gasteiger partial charge >= 0.3 is 0 Å². The van der Waals surface area contributed by atoms with E-state index in [2.05, 4.69) is 42.3 Å². The molecule has 7 nitrogen and oxygen atoms in total. The Morgan fingerprint density at radius 2 is 1.60 bits per heavy atom. The lowest BCUT2D eigenvalue weighted by molar-refractivity contribution is 1.10. The summed E-state index contributed by atoms with van der Waals surface area (Å²) in [5, 5.41) is 8.61. The molecule has 0 aliphatic heterocycles. The Morgan fingerprint density at radius 1 is 0.767 bits per heavy atom. The zero-order valence-corrected chi connectivity index (χ0v) is 15.7. The summed E-state index contributed by atoms with van der Waals surface area (Å²) in [6, 6.07) is 16.0. The topological polar surface area (TPSA) is 96.0 Å². The Hall–Kier alpha value is -4.39. The first-order chi connectivity index (χ1) is 14.9. The van der Waals surface area contributed by atoms with Gasteiger partial charge in [0.25, 0.3) is 0 Å². The third-order valence-electron chi connectivity index (χ3n) is 5.14. The fourth-order valence-electron chi connectivity index (χ4n) is 3.69. The summed E-state index contributed by atoms with van der Waals surface area (Å²) in [4.78, 5) is 21.1. The molecule has 142 valence electrons. The molecule has 0 aliphatic carbocycles. The fourth-order valence-corrected chi connectivity index (χ4v) is 3.69. The summed E-state index contributed by atoms with van der Waals surface area (Å²) in [6.07, 6.45) is 8.98. The van der Waals surface area contributed by atoms with Crippen LogP contribution in [0.3, 0.4) is 0 Å². The van der Waals surface area contributed by atoms with Crippen LogP contribution in [0.15, 0.2) is 79.5 Å². The molecule has 2 N–H and O–H groups in total. The van der Waals surface area contributed by atoms with Gasteiger partial charge in [0.1, 0.15) is 11.2 Å². The van der Waals surface area contributed by atoms with Crippen molar-refractivity contribution in [3.8, 4) is 33.8 Å². The number of rotatable bonds is 3. The van der Waals surface area contributed by atoms with Gasteiger partial charge in [-0.15, -0.1) is 0 Å². The Morgan fingerprint density at radius 3 is 2.40 bits per heavy atom. The molecule has 0 saturated carbocycles. The van der Waals surface area contributed by atoms with E-state index in [4.69, 9.17) is 4.98 Å². The van der Waals surface area contributed by atoms with Crippen LogP contribution in [0.1, 0.15) is 0 Å². The van der Waals surface area contributed by atoms with Crippen LogP contribution in [0.25, 0.3) is 55.8 Å². The maximum Gasteiger partial charge on any atom is 0.160 e. The lowest BCUT2D eigenvalue weighted by Crippen LogP contribution is -1.84. The van der Waals surface area contributed by atoms with E-state index < -0.39 is 0 Å². The quantitative estimate of drug-likeness (QED) is 0.460. The van der Waals surface area contributed by atoms with Gasteiger partial charge in [-0.25, -0.2) is 9.97 Å². The normalized spacial score (nSPS) is 11.3. The van der Waals surface area contributed by atoms with E-state index in [1.165, 1.54) is 0 Å². The number of aromatic amines is 2. The lowest BCUT2D eigenvalue weighted by Gasteiger charge is -2.01. The van der Waals surface area contributed by atoms with Crippen LogP contribution in [0, 0.1) is 0 Å². The largest absolute Gasteiger partial charge is 0.321 e. The maximum atomic E-state index is 4.84. The van der Waals surface area contributed by atoms with Gasteiger partial charge in [-0.2, -0.15) is 5.10 Å². The molecule has 0 unspecified atom stereocenters. The van der Waals surface area contributed by atoms with Crippen molar-refractivity contribution in [3.63, 3.8) is 0 Å². The Kier molecular flexibility index (Phi) is 3.64. The molecule has 5 aromatic heterocycles. The van der Waals surface area contributed by atoms with Crippen molar-refractivity contribution in [1.29, 1.82) is 0 Å². The molecule has 30 heavy (non-hydrogen) atoms. The predicted octanol–water partition coefficient (Wildman–Crippen LogP) is 4.63. The number of benzene rings is 1.